The minimum absolute atomic E-state index is 0.0874. The average Bonchev–Trinajstić information content (AvgIpc) is 3.31. The molecule has 0 bridgehead atoms. The summed E-state index contributed by atoms with van der Waals surface area (Å²) in [5, 5.41) is 4.38. The number of hydrogen-bond acceptors (Lipinski definition) is 6. The minimum atomic E-state index is 0.0874. The Kier molecular flexibility index (Phi) is 5.37. The van der Waals surface area contributed by atoms with Crippen LogP contribution in [0, 0.1) is 0 Å². The maximum absolute atomic E-state index is 6.14. The van der Waals surface area contributed by atoms with Gasteiger partial charge in [-0.05, 0) is 48.2 Å². The van der Waals surface area contributed by atoms with Crippen molar-refractivity contribution in [3.05, 3.63) is 67.1 Å². The lowest BCUT2D eigenvalue weighted by atomic mass is 10.0. The molecular weight excluding hydrogens is 400 g/mol. The standard InChI is InChI=1S/C25H24N6O/c1-3-18(4-2)32-24-22-23(28-15-27-22)30-25(31-24)29-17-10-11-21-20(14-17)19(12-13-26-21)16-8-6-5-7-9-16/h5-15,18H,3-4H2,1-2H3,(H2,27,28,29,30,31). The number of benzene rings is 2. The fourth-order valence-electron chi connectivity index (χ4n) is 3.78. The van der Waals surface area contributed by atoms with Gasteiger partial charge in [-0.2, -0.15) is 9.97 Å². The summed E-state index contributed by atoms with van der Waals surface area (Å²) >= 11 is 0. The van der Waals surface area contributed by atoms with Crippen molar-refractivity contribution in [2.75, 3.05) is 5.32 Å². The molecule has 160 valence electrons. The Labute approximate surface area is 185 Å². The number of aromatic amines is 1. The topological polar surface area (TPSA) is 88.6 Å². The van der Waals surface area contributed by atoms with E-state index in [-0.39, 0.29) is 6.10 Å². The summed E-state index contributed by atoms with van der Waals surface area (Å²) in [5.74, 6) is 0.950. The van der Waals surface area contributed by atoms with E-state index in [0.29, 0.717) is 23.0 Å². The lowest BCUT2D eigenvalue weighted by Crippen LogP contribution is -2.15. The van der Waals surface area contributed by atoms with E-state index in [4.69, 9.17) is 4.74 Å². The molecule has 0 saturated heterocycles. The number of anilines is 2. The molecule has 7 nitrogen and oxygen atoms in total. The highest BCUT2D eigenvalue weighted by atomic mass is 16.5. The van der Waals surface area contributed by atoms with Gasteiger partial charge in [0.1, 0.15) is 11.6 Å². The van der Waals surface area contributed by atoms with Crippen molar-refractivity contribution in [2.24, 2.45) is 0 Å². The monoisotopic (exact) mass is 424 g/mol. The molecule has 2 aromatic carbocycles. The van der Waals surface area contributed by atoms with Crippen LogP contribution in [0.25, 0.3) is 33.2 Å². The van der Waals surface area contributed by atoms with E-state index in [1.807, 2.05) is 42.6 Å². The Hall–Kier alpha value is -4.00. The predicted octanol–water partition coefficient (Wildman–Crippen LogP) is 5.88. The Bertz CT molecular complexity index is 1360. The number of fused-ring (bicyclic) bond motifs is 2. The third-order valence-corrected chi connectivity index (χ3v) is 5.52. The molecule has 0 aliphatic rings. The van der Waals surface area contributed by atoms with Crippen molar-refractivity contribution in [2.45, 2.75) is 32.8 Å². The van der Waals surface area contributed by atoms with Crippen LogP contribution in [0.5, 0.6) is 5.88 Å². The van der Waals surface area contributed by atoms with Gasteiger partial charge in [0, 0.05) is 17.3 Å². The van der Waals surface area contributed by atoms with Crippen LogP contribution >= 0.6 is 0 Å². The number of aromatic nitrogens is 5. The van der Waals surface area contributed by atoms with Gasteiger partial charge in [0.05, 0.1) is 11.8 Å². The van der Waals surface area contributed by atoms with Gasteiger partial charge < -0.3 is 15.0 Å². The zero-order valence-electron chi connectivity index (χ0n) is 18.0. The minimum Gasteiger partial charge on any atom is -0.473 e. The molecule has 0 amide bonds. The summed E-state index contributed by atoms with van der Waals surface area (Å²) in [6.07, 6.45) is 5.34. The molecule has 3 heterocycles. The van der Waals surface area contributed by atoms with Gasteiger partial charge in [-0.25, -0.2) is 4.98 Å². The van der Waals surface area contributed by atoms with Crippen molar-refractivity contribution in [3.8, 4) is 17.0 Å². The molecule has 5 rings (SSSR count). The highest BCUT2D eigenvalue weighted by molar-refractivity contribution is 5.96. The van der Waals surface area contributed by atoms with Gasteiger partial charge in [0.15, 0.2) is 5.65 Å². The van der Waals surface area contributed by atoms with E-state index in [2.05, 4.69) is 62.3 Å². The number of nitrogens with one attached hydrogen (secondary N) is 2. The molecule has 0 atom stereocenters. The van der Waals surface area contributed by atoms with Gasteiger partial charge in [-0.1, -0.05) is 44.2 Å². The van der Waals surface area contributed by atoms with E-state index in [1.165, 1.54) is 0 Å². The van der Waals surface area contributed by atoms with Crippen LogP contribution in [0.4, 0.5) is 11.6 Å². The molecule has 2 N–H and O–H groups in total. The maximum atomic E-state index is 6.14. The molecule has 5 aromatic rings. The van der Waals surface area contributed by atoms with E-state index in [0.717, 1.165) is 40.6 Å². The van der Waals surface area contributed by atoms with Gasteiger partial charge in [0.25, 0.3) is 0 Å². The number of pyridine rings is 1. The quantitative estimate of drug-likeness (QED) is 0.339. The van der Waals surface area contributed by atoms with E-state index in [1.54, 1.807) is 6.33 Å². The van der Waals surface area contributed by atoms with Gasteiger partial charge in [-0.3, -0.25) is 4.98 Å². The molecule has 0 unspecified atom stereocenters. The van der Waals surface area contributed by atoms with E-state index < -0.39 is 0 Å². The van der Waals surface area contributed by atoms with Crippen LogP contribution in [0.2, 0.25) is 0 Å². The Morgan fingerprint density at radius 3 is 2.62 bits per heavy atom. The lowest BCUT2D eigenvalue weighted by molar-refractivity contribution is 0.187. The van der Waals surface area contributed by atoms with Gasteiger partial charge in [0.2, 0.25) is 11.8 Å². The molecule has 0 spiro atoms. The zero-order chi connectivity index (χ0) is 21.9. The van der Waals surface area contributed by atoms with Crippen molar-refractivity contribution in [3.63, 3.8) is 0 Å². The SMILES string of the molecule is CCC(CC)Oc1nc(Nc2ccc3nccc(-c4ccccc4)c3c2)nc2nc[nH]c12. The van der Waals surface area contributed by atoms with Gasteiger partial charge >= 0.3 is 0 Å². The summed E-state index contributed by atoms with van der Waals surface area (Å²) in [7, 11) is 0. The normalized spacial score (nSPS) is 11.3. The number of rotatable bonds is 7. The lowest BCUT2D eigenvalue weighted by Gasteiger charge is -2.16. The molecule has 0 saturated carbocycles. The van der Waals surface area contributed by atoms with Crippen molar-refractivity contribution in [1.29, 1.82) is 0 Å². The second-order valence-electron chi connectivity index (χ2n) is 7.59. The number of ether oxygens (including phenoxy) is 1. The van der Waals surface area contributed by atoms with Gasteiger partial charge in [-0.15, -0.1) is 0 Å². The first-order valence-corrected chi connectivity index (χ1v) is 10.8. The van der Waals surface area contributed by atoms with Crippen LogP contribution in [0.1, 0.15) is 26.7 Å². The van der Waals surface area contributed by atoms with E-state index in [9.17, 15) is 0 Å². The molecule has 3 aromatic heterocycles. The highest BCUT2D eigenvalue weighted by Crippen LogP contribution is 2.31. The van der Waals surface area contributed by atoms with Crippen LogP contribution in [-0.2, 0) is 0 Å². The second kappa shape index (κ2) is 8.63. The number of hydrogen-bond donors (Lipinski definition) is 2. The number of H-pyrrole nitrogens is 1. The summed E-state index contributed by atoms with van der Waals surface area (Å²) in [4.78, 5) is 21.1. The Balaban J connectivity index is 1.53. The van der Waals surface area contributed by atoms with Crippen LogP contribution < -0.4 is 10.1 Å². The smallest absolute Gasteiger partial charge is 0.245 e. The summed E-state index contributed by atoms with van der Waals surface area (Å²) in [6, 6.07) is 18.4. The summed E-state index contributed by atoms with van der Waals surface area (Å²) < 4.78 is 6.14. The molecule has 0 aliphatic heterocycles. The van der Waals surface area contributed by atoms with Crippen molar-refractivity contribution < 1.29 is 4.74 Å². The summed E-state index contributed by atoms with van der Waals surface area (Å²) in [6.45, 7) is 4.21. The molecular formula is C25H24N6O. The first-order valence-electron chi connectivity index (χ1n) is 10.8. The predicted molar refractivity (Wildman–Crippen MR) is 127 cm³/mol. The Morgan fingerprint density at radius 1 is 0.969 bits per heavy atom. The largest absolute Gasteiger partial charge is 0.473 e. The first kappa shape index (κ1) is 19.9. The molecule has 7 heteroatoms. The van der Waals surface area contributed by atoms with Crippen LogP contribution in [0.3, 0.4) is 0 Å². The molecule has 32 heavy (non-hydrogen) atoms. The fourth-order valence-corrected chi connectivity index (χ4v) is 3.78. The first-order chi connectivity index (χ1) is 15.7. The third-order valence-electron chi connectivity index (χ3n) is 5.52. The third kappa shape index (κ3) is 3.85. The van der Waals surface area contributed by atoms with Crippen LogP contribution in [0.15, 0.2) is 67.1 Å². The average molecular weight is 425 g/mol. The highest BCUT2D eigenvalue weighted by Gasteiger charge is 2.15. The fraction of sp³-hybridized carbons (Fsp3) is 0.200. The second-order valence-corrected chi connectivity index (χ2v) is 7.59. The molecule has 0 radical (unpaired) electrons. The summed E-state index contributed by atoms with van der Waals surface area (Å²) in [5.41, 5.74) is 5.34. The van der Waals surface area contributed by atoms with Crippen LogP contribution in [-0.4, -0.2) is 31.0 Å². The number of imidazole rings is 1. The maximum Gasteiger partial charge on any atom is 0.245 e. The Morgan fingerprint density at radius 2 is 1.81 bits per heavy atom. The zero-order valence-corrected chi connectivity index (χ0v) is 18.0. The van der Waals surface area contributed by atoms with Crippen molar-refractivity contribution in [1.82, 2.24) is 24.9 Å². The molecule has 0 fully saturated rings. The van der Waals surface area contributed by atoms with Crippen molar-refractivity contribution >= 4 is 33.7 Å². The van der Waals surface area contributed by atoms with E-state index >= 15 is 0 Å². The molecule has 0 aliphatic carbocycles. The number of nitrogens with zero attached hydrogens (tertiary/aromatic N) is 4.